The van der Waals surface area contributed by atoms with Crippen LogP contribution in [0.4, 0.5) is 4.39 Å². The van der Waals surface area contributed by atoms with Crippen molar-refractivity contribution in [2.75, 3.05) is 6.54 Å². The largest absolute Gasteiger partial charge is 0.328 e. The number of H-pyrrole nitrogens is 1. The summed E-state index contributed by atoms with van der Waals surface area (Å²) < 4.78 is 15.1. The van der Waals surface area contributed by atoms with Crippen LogP contribution in [0.5, 0.6) is 0 Å². The van der Waals surface area contributed by atoms with Crippen LogP contribution in [-0.4, -0.2) is 42.3 Å². The number of rotatable bonds is 4. The lowest BCUT2D eigenvalue weighted by atomic mass is 10.0. The number of carbonyl (C=O) groups is 1. The third-order valence-corrected chi connectivity index (χ3v) is 6.71. The number of aryl methyl sites for hydroxylation is 1. The Hall–Kier alpha value is -3.07. The molecule has 4 heterocycles. The van der Waals surface area contributed by atoms with Gasteiger partial charge in [-0.05, 0) is 49.9 Å². The zero-order valence-corrected chi connectivity index (χ0v) is 17.3. The highest BCUT2D eigenvalue weighted by Crippen LogP contribution is 2.34. The number of aromatic nitrogens is 5. The van der Waals surface area contributed by atoms with E-state index in [0.717, 1.165) is 46.6 Å². The van der Waals surface area contributed by atoms with E-state index in [4.69, 9.17) is 0 Å². The van der Waals surface area contributed by atoms with Gasteiger partial charge in [-0.2, -0.15) is 10.2 Å². The van der Waals surface area contributed by atoms with Crippen LogP contribution in [0.25, 0.3) is 10.2 Å². The maximum atomic E-state index is 13.4. The average molecular weight is 425 g/mol. The van der Waals surface area contributed by atoms with E-state index < -0.39 is 0 Å². The van der Waals surface area contributed by atoms with Gasteiger partial charge in [0.2, 0.25) is 0 Å². The molecule has 1 aliphatic rings. The number of amides is 1. The molecular weight excluding hydrogens is 403 g/mol. The summed E-state index contributed by atoms with van der Waals surface area (Å²) in [5.41, 5.74) is 1.84. The molecule has 1 aromatic carbocycles. The van der Waals surface area contributed by atoms with Crippen molar-refractivity contribution in [1.82, 2.24) is 29.9 Å². The van der Waals surface area contributed by atoms with E-state index in [-0.39, 0.29) is 17.8 Å². The highest BCUT2D eigenvalue weighted by Gasteiger charge is 2.31. The van der Waals surface area contributed by atoms with Gasteiger partial charge in [0.15, 0.2) is 0 Å². The van der Waals surface area contributed by atoms with Crippen LogP contribution in [0, 0.1) is 12.7 Å². The first-order valence-corrected chi connectivity index (χ1v) is 10.8. The standard InChI is InChI=1S/C21H21FN6OS/c1-13-16-10-18(20(29)27-9-3-2-4-17(27)19-23-12-24-25-19)30-21(16)28(26-13)11-14-5-7-15(22)8-6-14/h5-8,10,12,17H,2-4,9,11H2,1H3,(H,23,24,25)/t17-/m1/s1. The molecule has 30 heavy (non-hydrogen) atoms. The predicted octanol–water partition coefficient (Wildman–Crippen LogP) is 4.08. The van der Waals surface area contributed by atoms with Crippen molar-refractivity contribution in [3.8, 4) is 0 Å². The Morgan fingerprint density at radius 2 is 2.13 bits per heavy atom. The zero-order chi connectivity index (χ0) is 20.7. The van der Waals surface area contributed by atoms with Crippen molar-refractivity contribution in [3.05, 3.63) is 64.4 Å². The Kier molecular flexibility index (Phi) is 4.82. The van der Waals surface area contributed by atoms with Crippen molar-refractivity contribution in [3.63, 3.8) is 0 Å². The molecule has 0 radical (unpaired) electrons. The Balaban J connectivity index is 1.45. The third kappa shape index (κ3) is 3.39. The third-order valence-electron chi connectivity index (χ3n) is 5.58. The molecular formula is C21H21FN6OS. The molecule has 1 fully saturated rings. The molecule has 7 nitrogen and oxygen atoms in total. The van der Waals surface area contributed by atoms with Gasteiger partial charge < -0.3 is 4.90 Å². The molecule has 0 bridgehead atoms. The van der Waals surface area contributed by atoms with E-state index >= 15 is 0 Å². The van der Waals surface area contributed by atoms with Gasteiger partial charge in [0.25, 0.3) is 5.91 Å². The number of fused-ring (bicyclic) bond motifs is 1. The normalized spacial score (nSPS) is 17.0. The summed E-state index contributed by atoms with van der Waals surface area (Å²) in [4.78, 5) is 21.2. The Bertz CT molecular complexity index is 1180. The zero-order valence-electron chi connectivity index (χ0n) is 16.5. The number of likely N-dealkylation sites (tertiary alicyclic amines) is 1. The number of piperidine rings is 1. The van der Waals surface area contributed by atoms with Crippen LogP contribution in [0.3, 0.4) is 0 Å². The smallest absolute Gasteiger partial charge is 0.264 e. The fourth-order valence-corrected chi connectivity index (χ4v) is 5.18. The minimum Gasteiger partial charge on any atom is -0.328 e. The number of nitrogens with one attached hydrogen (secondary N) is 1. The Labute approximate surface area is 176 Å². The minimum atomic E-state index is -0.257. The monoisotopic (exact) mass is 424 g/mol. The number of benzene rings is 1. The summed E-state index contributed by atoms with van der Waals surface area (Å²) >= 11 is 1.46. The lowest BCUT2D eigenvalue weighted by Crippen LogP contribution is -2.38. The molecule has 0 spiro atoms. The summed E-state index contributed by atoms with van der Waals surface area (Å²) in [6.07, 6.45) is 4.41. The molecule has 154 valence electrons. The fraction of sp³-hybridized carbons (Fsp3) is 0.333. The highest BCUT2D eigenvalue weighted by atomic mass is 32.1. The summed E-state index contributed by atoms with van der Waals surface area (Å²) in [6.45, 7) is 3.19. The van der Waals surface area contributed by atoms with Gasteiger partial charge in [0.1, 0.15) is 22.8 Å². The van der Waals surface area contributed by atoms with Crippen LogP contribution in [0.15, 0.2) is 36.7 Å². The van der Waals surface area contributed by atoms with E-state index in [1.807, 2.05) is 22.6 Å². The first-order chi connectivity index (χ1) is 14.6. The van der Waals surface area contributed by atoms with Gasteiger partial charge in [-0.3, -0.25) is 14.6 Å². The molecule has 3 aromatic heterocycles. The van der Waals surface area contributed by atoms with Gasteiger partial charge in [0, 0.05) is 11.9 Å². The molecule has 1 aliphatic heterocycles. The summed E-state index contributed by atoms with van der Waals surface area (Å²) in [6, 6.07) is 8.29. The number of hydrogen-bond acceptors (Lipinski definition) is 5. The van der Waals surface area contributed by atoms with Gasteiger partial charge in [-0.25, -0.2) is 9.37 Å². The molecule has 0 saturated carbocycles. The van der Waals surface area contributed by atoms with Crippen LogP contribution in [0.1, 0.15) is 52.1 Å². The maximum absolute atomic E-state index is 13.4. The van der Waals surface area contributed by atoms with E-state index in [1.54, 1.807) is 12.1 Å². The van der Waals surface area contributed by atoms with Crippen LogP contribution in [-0.2, 0) is 6.54 Å². The SMILES string of the molecule is Cc1nn(Cc2ccc(F)cc2)c2sc(C(=O)N3CCCC[C@@H]3c3ncn[nH]3)cc12. The molecule has 4 aromatic rings. The topological polar surface area (TPSA) is 79.7 Å². The molecule has 0 unspecified atom stereocenters. The lowest BCUT2D eigenvalue weighted by Gasteiger charge is -2.34. The second-order valence-corrected chi connectivity index (χ2v) is 8.61. The van der Waals surface area contributed by atoms with Crippen molar-refractivity contribution in [1.29, 1.82) is 0 Å². The highest BCUT2D eigenvalue weighted by molar-refractivity contribution is 7.20. The number of halogens is 1. The van der Waals surface area contributed by atoms with Gasteiger partial charge >= 0.3 is 0 Å². The second-order valence-electron chi connectivity index (χ2n) is 7.58. The number of hydrogen-bond donors (Lipinski definition) is 1. The van der Waals surface area contributed by atoms with Crippen LogP contribution in [0.2, 0.25) is 0 Å². The molecule has 1 saturated heterocycles. The Morgan fingerprint density at radius 1 is 1.30 bits per heavy atom. The lowest BCUT2D eigenvalue weighted by molar-refractivity contribution is 0.0605. The fourth-order valence-electron chi connectivity index (χ4n) is 4.06. The second kappa shape index (κ2) is 7.64. The molecule has 5 rings (SSSR count). The average Bonchev–Trinajstić information content (AvgIpc) is 3.49. The van der Waals surface area contributed by atoms with Gasteiger partial charge in [-0.1, -0.05) is 12.1 Å². The van der Waals surface area contributed by atoms with Gasteiger partial charge in [-0.15, -0.1) is 11.3 Å². The van der Waals surface area contributed by atoms with Crippen molar-refractivity contribution in [2.24, 2.45) is 0 Å². The number of nitrogens with zero attached hydrogens (tertiary/aromatic N) is 5. The molecule has 0 aliphatic carbocycles. The van der Waals surface area contributed by atoms with E-state index in [2.05, 4.69) is 20.3 Å². The number of aromatic amines is 1. The summed E-state index contributed by atoms with van der Waals surface area (Å²) in [5.74, 6) is 0.500. The van der Waals surface area contributed by atoms with E-state index in [1.165, 1.54) is 29.8 Å². The first-order valence-electron chi connectivity index (χ1n) is 9.98. The number of carbonyl (C=O) groups excluding carboxylic acids is 1. The van der Waals surface area contributed by atoms with Crippen molar-refractivity contribution in [2.45, 2.75) is 38.8 Å². The van der Waals surface area contributed by atoms with Crippen molar-refractivity contribution < 1.29 is 9.18 Å². The van der Waals surface area contributed by atoms with Crippen molar-refractivity contribution >= 4 is 27.5 Å². The summed E-state index contributed by atoms with van der Waals surface area (Å²) in [7, 11) is 0. The van der Waals surface area contributed by atoms with E-state index in [0.29, 0.717) is 18.0 Å². The van der Waals surface area contributed by atoms with Crippen LogP contribution >= 0.6 is 11.3 Å². The van der Waals surface area contributed by atoms with Gasteiger partial charge in [0.05, 0.1) is 23.2 Å². The number of thiophene rings is 1. The first kappa shape index (κ1) is 18.9. The molecule has 1 amide bonds. The quantitative estimate of drug-likeness (QED) is 0.535. The molecule has 1 atom stereocenters. The van der Waals surface area contributed by atoms with E-state index in [9.17, 15) is 9.18 Å². The maximum Gasteiger partial charge on any atom is 0.264 e. The predicted molar refractivity (Wildman–Crippen MR) is 112 cm³/mol. The molecule has 1 N–H and O–H groups in total. The minimum absolute atomic E-state index is 0.0185. The Morgan fingerprint density at radius 3 is 2.90 bits per heavy atom. The summed E-state index contributed by atoms with van der Waals surface area (Å²) in [5, 5.41) is 12.5. The van der Waals surface area contributed by atoms with Crippen LogP contribution < -0.4 is 0 Å². The molecule has 9 heteroatoms.